The van der Waals surface area contributed by atoms with Gasteiger partial charge in [0.15, 0.2) is 0 Å². The molecule has 0 saturated carbocycles. The summed E-state index contributed by atoms with van der Waals surface area (Å²) >= 11 is 5.33. The third-order valence-corrected chi connectivity index (χ3v) is 2.92. The fourth-order valence-electron chi connectivity index (χ4n) is 1.38. The number of benzene rings is 1. The largest absolute Gasteiger partial charge is 0.365 e. The number of rotatable bonds is 3. The molecule has 76 valence electrons. The average molecular weight is 207 g/mol. The summed E-state index contributed by atoms with van der Waals surface area (Å²) in [4.78, 5) is 3.16. The van der Waals surface area contributed by atoms with E-state index in [-0.39, 0.29) is 0 Å². The van der Waals surface area contributed by atoms with E-state index >= 15 is 0 Å². The minimum absolute atomic E-state index is 0.443. The summed E-state index contributed by atoms with van der Waals surface area (Å²) in [6.45, 7) is 5.16. The van der Waals surface area contributed by atoms with Gasteiger partial charge in [-0.1, -0.05) is 56.4 Å². The van der Waals surface area contributed by atoms with Gasteiger partial charge in [-0.25, -0.2) is 0 Å². The minimum Gasteiger partial charge on any atom is -0.365 e. The van der Waals surface area contributed by atoms with Crippen molar-refractivity contribution in [3.63, 3.8) is 0 Å². The Morgan fingerprint density at radius 1 is 1.29 bits per heavy atom. The summed E-state index contributed by atoms with van der Waals surface area (Å²) in [6, 6.07) is 10.4. The third-order valence-electron chi connectivity index (χ3n) is 2.13. The van der Waals surface area contributed by atoms with E-state index in [0.717, 1.165) is 11.5 Å². The second-order valence-electron chi connectivity index (χ2n) is 3.83. The predicted molar refractivity (Wildman–Crippen MR) is 65.3 cm³/mol. The highest BCUT2D eigenvalue weighted by atomic mass is 32.1. The van der Waals surface area contributed by atoms with Crippen molar-refractivity contribution in [2.75, 3.05) is 7.05 Å². The van der Waals surface area contributed by atoms with Crippen LogP contribution in [0.2, 0.25) is 0 Å². The van der Waals surface area contributed by atoms with Gasteiger partial charge in [-0.3, -0.25) is 0 Å². The quantitative estimate of drug-likeness (QED) is 0.701. The maximum atomic E-state index is 5.33. The lowest BCUT2D eigenvalue weighted by molar-refractivity contribution is 0.484. The van der Waals surface area contributed by atoms with E-state index in [4.69, 9.17) is 12.2 Å². The van der Waals surface area contributed by atoms with E-state index in [0.29, 0.717) is 5.92 Å². The molecule has 1 nitrogen and oxygen atoms in total. The van der Waals surface area contributed by atoms with Gasteiger partial charge < -0.3 is 4.90 Å². The molecule has 0 radical (unpaired) electrons. The minimum atomic E-state index is 0.443. The molecule has 0 saturated heterocycles. The lowest BCUT2D eigenvalue weighted by atomic mass is 10.2. The van der Waals surface area contributed by atoms with E-state index in [1.807, 2.05) is 6.07 Å². The maximum Gasteiger partial charge on any atom is 0.0805 e. The van der Waals surface area contributed by atoms with Crippen molar-refractivity contribution >= 4 is 17.2 Å². The summed E-state index contributed by atoms with van der Waals surface area (Å²) in [7, 11) is 2.05. The standard InChI is InChI=1S/C12H17NS/c1-10(2)12(14)13(3)9-11-7-5-4-6-8-11/h4-8,10H,9H2,1-3H3. The first kappa shape index (κ1) is 11.2. The van der Waals surface area contributed by atoms with Gasteiger partial charge >= 0.3 is 0 Å². The van der Waals surface area contributed by atoms with Crippen LogP contribution in [0.1, 0.15) is 19.4 Å². The van der Waals surface area contributed by atoms with Crippen molar-refractivity contribution in [1.29, 1.82) is 0 Å². The molecule has 1 rings (SSSR count). The zero-order valence-electron chi connectivity index (χ0n) is 9.03. The number of hydrogen-bond acceptors (Lipinski definition) is 1. The lowest BCUT2D eigenvalue weighted by Gasteiger charge is -2.22. The second kappa shape index (κ2) is 5.11. The summed E-state index contributed by atoms with van der Waals surface area (Å²) in [6.07, 6.45) is 0. The number of hydrogen-bond donors (Lipinski definition) is 0. The fraction of sp³-hybridized carbons (Fsp3) is 0.417. The van der Waals surface area contributed by atoms with Gasteiger partial charge in [0.2, 0.25) is 0 Å². The molecule has 0 aliphatic heterocycles. The van der Waals surface area contributed by atoms with Crippen molar-refractivity contribution in [3.05, 3.63) is 35.9 Å². The molecular formula is C12H17NS. The third kappa shape index (κ3) is 3.11. The zero-order valence-corrected chi connectivity index (χ0v) is 9.84. The van der Waals surface area contributed by atoms with Crippen LogP contribution in [0.15, 0.2) is 30.3 Å². The van der Waals surface area contributed by atoms with Crippen molar-refractivity contribution in [1.82, 2.24) is 4.90 Å². The number of thiocarbonyl (C=S) groups is 1. The van der Waals surface area contributed by atoms with Crippen molar-refractivity contribution in [2.24, 2.45) is 5.92 Å². The molecule has 0 aromatic heterocycles. The Labute approximate surface area is 91.7 Å². The highest BCUT2D eigenvalue weighted by Crippen LogP contribution is 2.07. The van der Waals surface area contributed by atoms with Crippen molar-refractivity contribution in [2.45, 2.75) is 20.4 Å². The van der Waals surface area contributed by atoms with Crippen LogP contribution >= 0.6 is 12.2 Å². The van der Waals surface area contributed by atoms with Gasteiger partial charge in [0.05, 0.1) is 4.99 Å². The van der Waals surface area contributed by atoms with E-state index in [1.54, 1.807) is 0 Å². The van der Waals surface area contributed by atoms with Crippen molar-refractivity contribution < 1.29 is 0 Å². The van der Waals surface area contributed by atoms with Crippen LogP contribution in [-0.4, -0.2) is 16.9 Å². The molecule has 0 heterocycles. The van der Waals surface area contributed by atoms with Gasteiger partial charge in [0.25, 0.3) is 0 Å². The van der Waals surface area contributed by atoms with E-state index in [9.17, 15) is 0 Å². The van der Waals surface area contributed by atoms with Crippen molar-refractivity contribution in [3.8, 4) is 0 Å². The Kier molecular flexibility index (Phi) is 4.08. The Morgan fingerprint density at radius 3 is 2.36 bits per heavy atom. The smallest absolute Gasteiger partial charge is 0.0805 e. The van der Waals surface area contributed by atoms with Gasteiger partial charge in [0, 0.05) is 19.5 Å². The van der Waals surface area contributed by atoms with Crippen LogP contribution in [0, 0.1) is 5.92 Å². The monoisotopic (exact) mass is 207 g/mol. The van der Waals surface area contributed by atoms with E-state index in [1.165, 1.54) is 5.56 Å². The number of nitrogens with zero attached hydrogens (tertiary/aromatic N) is 1. The summed E-state index contributed by atoms with van der Waals surface area (Å²) in [5.74, 6) is 0.443. The normalized spacial score (nSPS) is 10.3. The Balaban J connectivity index is 2.57. The zero-order chi connectivity index (χ0) is 10.6. The molecule has 0 N–H and O–H groups in total. The Bertz CT molecular complexity index is 292. The van der Waals surface area contributed by atoms with Crippen LogP contribution in [0.5, 0.6) is 0 Å². The maximum absolute atomic E-state index is 5.33. The first-order chi connectivity index (χ1) is 6.61. The molecule has 1 aromatic carbocycles. The molecule has 14 heavy (non-hydrogen) atoms. The van der Waals surface area contributed by atoms with Crippen LogP contribution in [0.25, 0.3) is 0 Å². The van der Waals surface area contributed by atoms with Gasteiger partial charge in [-0.2, -0.15) is 0 Å². The molecule has 0 aliphatic rings. The molecule has 0 amide bonds. The van der Waals surface area contributed by atoms with Crippen LogP contribution in [0.3, 0.4) is 0 Å². The molecule has 0 atom stereocenters. The SMILES string of the molecule is CC(C)C(=S)N(C)Cc1ccccc1. The molecule has 0 fully saturated rings. The van der Waals surface area contributed by atoms with Crippen LogP contribution in [0.4, 0.5) is 0 Å². The van der Waals surface area contributed by atoms with Crippen LogP contribution in [-0.2, 0) is 6.54 Å². The average Bonchev–Trinajstić information content (AvgIpc) is 2.18. The second-order valence-corrected chi connectivity index (χ2v) is 4.25. The molecule has 0 unspecified atom stereocenters. The van der Waals surface area contributed by atoms with Gasteiger partial charge in [0.1, 0.15) is 0 Å². The summed E-state index contributed by atoms with van der Waals surface area (Å²) < 4.78 is 0. The van der Waals surface area contributed by atoms with Crippen LogP contribution < -0.4 is 0 Å². The first-order valence-electron chi connectivity index (χ1n) is 4.90. The first-order valence-corrected chi connectivity index (χ1v) is 5.31. The molecular weight excluding hydrogens is 190 g/mol. The highest BCUT2D eigenvalue weighted by Gasteiger charge is 2.08. The molecule has 1 aromatic rings. The summed E-state index contributed by atoms with van der Waals surface area (Å²) in [5, 5.41) is 0. The lowest BCUT2D eigenvalue weighted by Crippen LogP contribution is -2.28. The molecule has 2 heteroatoms. The molecule has 0 spiro atoms. The van der Waals surface area contributed by atoms with E-state index in [2.05, 4.69) is 50.1 Å². The van der Waals surface area contributed by atoms with E-state index < -0.39 is 0 Å². The molecule has 0 bridgehead atoms. The Morgan fingerprint density at radius 2 is 1.86 bits per heavy atom. The summed E-state index contributed by atoms with van der Waals surface area (Å²) in [5.41, 5.74) is 1.30. The predicted octanol–water partition coefficient (Wildman–Crippen LogP) is 3.10. The van der Waals surface area contributed by atoms with Gasteiger partial charge in [-0.15, -0.1) is 0 Å². The topological polar surface area (TPSA) is 3.24 Å². The highest BCUT2D eigenvalue weighted by molar-refractivity contribution is 7.80. The fourth-order valence-corrected chi connectivity index (χ4v) is 1.44. The Hall–Kier alpha value is -0.890. The van der Waals surface area contributed by atoms with Gasteiger partial charge in [-0.05, 0) is 5.56 Å². The molecule has 0 aliphatic carbocycles.